The van der Waals surface area contributed by atoms with Crippen LogP contribution in [0.25, 0.3) is 0 Å². The van der Waals surface area contributed by atoms with Crippen LogP contribution in [0.2, 0.25) is 0 Å². The van der Waals surface area contributed by atoms with Gasteiger partial charge in [0.2, 0.25) is 17.7 Å². The molecule has 2 fully saturated rings. The summed E-state index contributed by atoms with van der Waals surface area (Å²) in [5.74, 6) is 0.147. The largest absolute Gasteiger partial charge is 0.335 e. The Morgan fingerprint density at radius 3 is 1.42 bits per heavy atom. The molecule has 0 bridgehead atoms. The molecule has 0 radical (unpaired) electrons. The third kappa shape index (κ3) is 5.79. The third-order valence-electron chi connectivity index (χ3n) is 6.98. The van der Waals surface area contributed by atoms with Gasteiger partial charge in [-0.3, -0.25) is 19.3 Å². The zero-order valence-corrected chi connectivity index (χ0v) is 21.5. The molecular weight excluding hydrogens is 392 g/mol. The van der Waals surface area contributed by atoms with Gasteiger partial charge < -0.3 is 14.7 Å². The third-order valence-corrected chi connectivity index (χ3v) is 6.98. The average molecular weight is 437 g/mol. The number of nitrogens with zero attached hydrogens (tertiary/aromatic N) is 4. The monoisotopic (exact) mass is 436 g/mol. The van der Waals surface area contributed by atoms with E-state index in [0.29, 0.717) is 13.1 Å². The summed E-state index contributed by atoms with van der Waals surface area (Å²) in [7, 11) is 0. The van der Waals surface area contributed by atoms with Gasteiger partial charge in [-0.2, -0.15) is 0 Å². The highest BCUT2D eigenvalue weighted by Gasteiger charge is 2.43. The molecule has 0 aliphatic carbocycles. The molecular formula is C24H44N4O3. The van der Waals surface area contributed by atoms with Crippen molar-refractivity contribution >= 4 is 17.7 Å². The van der Waals surface area contributed by atoms with E-state index in [9.17, 15) is 14.4 Å². The first-order chi connectivity index (χ1) is 13.9. The number of piperazine rings is 2. The van der Waals surface area contributed by atoms with Gasteiger partial charge in [0.25, 0.3) is 0 Å². The van der Waals surface area contributed by atoms with Crippen LogP contribution in [0, 0.1) is 0 Å². The Bertz CT molecular complexity index is 715. The number of carbonyl (C=O) groups excluding carboxylic acids is 3. The van der Waals surface area contributed by atoms with Crippen molar-refractivity contribution in [3.05, 3.63) is 0 Å². The molecule has 2 rings (SSSR count). The second kappa shape index (κ2) is 8.38. The summed E-state index contributed by atoms with van der Waals surface area (Å²) in [5.41, 5.74) is -1.14. The Kier molecular flexibility index (Phi) is 6.93. The molecule has 31 heavy (non-hydrogen) atoms. The Morgan fingerprint density at radius 2 is 0.968 bits per heavy atom. The van der Waals surface area contributed by atoms with Crippen LogP contribution >= 0.6 is 0 Å². The van der Waals surface area contributed by atoms with Crippen LogP contribution in [-0.4, -0.2) is 92.2 Å². The second-order valence-electron chi connectivity index (χ2n) is 12.4. The van der Waals surface area contributed by atoms with Crippen molar-refractivity contribution in [1.82, 2.24) is 19.6 Å². The van der Waals surface area contributed by atoms with Crippen molar-refractivity contribution in [2.24, 2.45) is 0 Å². The van der Waals surface area contributed by atoms with Crippen LogP contribution in [0.1, 0.15) is 82.1 Å². The smallest absolute Gasteiger partial charge is 0.243 e. The maximum atomic E-state index is 12.9. The standard InChI is InChI=1S/C24H44N4O3/c1-21(2,3)25-13-14-26(18(29)15-25)23(7,8)11-12-24(9,10)28-17-19(30)27(16-20(28)31)22(4,5)6/h11-17H2,1-10H3. The molecule has 0 unspecified atom stereocenters. The number of rotatable bonds is 5. The van der Waals surface area contributed by atoms with Gasteiger partial charge in [-0.05, 0) is 82.1 Å². The fourth-order valence-electron chi connectivity index (χ4n) is 4.55. The normalized spacial score (nSPS) is 20.7. The average Bonchev–Trinajstić information content (AvgIpc) is 2.59. The fourth-order valence-corrected chi connectivity index (χ4v) is 4.55. The van der Waals surface area contributed by atoms with E-state index >= 15 is 0 Å². The lowest BCUT2D eigenvalue weighted by Gasteiger charge is -2.50. The minimum absolute atomic E-state index is 0.00656. The lowest BCUT2D eigenvalue weighted by Crippen LogP contribution is -2.64. The highest BCUT2D eigenvalue weighted by Crippen LogP contribution is 2.32. The molecule has 0 aromatic rings. The maximum Gasteiger partial charge on any atom is 0.243 e. The van der Waals surface area contributed by atoms with Crippen LogP contribution in [0.15, 0.2) is 0 Å². The number of hydrogen-bond acceptors (Lipinski definition) is 4. The molecule has 2 saturated heterocycles. The van der Waals surface area contributed by atoms with Crippen molar-refractivity contribution in [2.75, 3.05) is 32.7 Å². The predicted octanol–water partition coefficient (Wildman–Crippen LogP) is 2.74. The molecule has 2 aliphatic heterocycles. The molecule has 0 saturated carbocycles. The van der Waals surface area contributed by atoms with Gasteiger partial charge in [0.15, 0.2) is 0 Å². The van der Waals surface area contributed by atoms with Crippen molar-refractivity contribution in [1.29, 1.82) is 0 Å². The minimum atomic E-state index is -0.454. The van der Waals surface area contributed by atoms with E-state index in [1.54, 1.807) is 9.80 Å². The number of hydrogen-bond donors (Lipinski definition) is 0. The molecule has 7 heteroatoms. The molecule has 0 aromatic heterocycles. The molecule has 0 aromatic carbocycles. The molecule has 7 nitrogen and oxygen atoms in total. The minimum Gasteiger partial charge on any atom is -0.335 e. The lowest BCUT2D eigenvalue weighted by molar-refractivity contribution is -0.160. The van der Waals surface area contributed by atoms with E-state index in [4.69, 9.17) is 0 Å². The fraction of sp³-hybridized carbons (Fsp3) is 0.875. The zero-order chi connectivity index (χ0) is 24.0. The molecule has 2 heterocycles. The zero-order valence-electron chi connectivity index (χ0n) is 21.5. The van der Waals surface area contributed by atoms with Gasteiger partial charge in [-0.15, -0.1) is 0 Å². The summed E-state index contributed by atoms with van der Waals surface area (Å²) in [6, 6.07) is 0. The Morgan fingerprint density at radius 1 is 0.548 bits per heavy atom. The topological polar surface area (TPSA) is 64.2 Å². The Balaban J connectivity index is 2.03. The van der Waals surface area contributed by atoms with Gasteiger partial charge in [0, 0.05) is 35.2 Å². The Hall–Kier alpha value is -1.63. The summed E-state index contributed by atoms with van der Waals surface area (Å²) < 4.78 is 0. The van der Waals surface area contributed by atoms with Crippen molar-refractivity contribution < 1.29 is 14.4 Å². The first-order valence-electron chi connectivity index (χ1n) is 11.5. The summed E-state index contributed by atoms with van der Waals surface area (Å²) in [6.07, 6.45) is 1.49. The SMILES string of the molecule is CC(C)(C)N1CCN(C(C)(C)CCC(C)(C)N2CC(=O)N(C(C)(C)C)CC2=O)C(=O)C1. The van der Waals surface area contributed by atoms with E-state index in [0.717, 1.165) is 19.4 Å². The van der Waals surface area contributed by atoms with Gasteiger partial charge in [0.1, 0.15) is 13.1 Å². The van der Waals surface area contributed by atoms with Gasteiger partial charge >= 0.3 is 0 Å². The van der Waals surface area contributed by atoms with Crippen LogP contribution in [0.5, 0.6) is 0 Å². The van der Waals surface area contributed by atoms with Crippen LogP contribution in [0.4, 0.5) is 0 Å². The summed E-state index contributed by atoms with van der Waals surface area (Å²) in [6.45, 7) is 22.8. The molecule has 178 valence electrons. The first kappa shape index (κ1) is 25.6. The first-order valence-corrected chi connectivity index (χ1v) is 11.5. The molecule has 0 spiro atoms. The molecule has 0 N–H and O–H groups in total. The van der Waals surface area contributed by atoms with Crippen molar-refractivity contribution in [2.45, 2.75) is 104 Å². The number of amides is 3. The van der Waals surface area contributed by atoms with Crippen LogP contribution in [0.3, 0.4) is 0 Å². The summed E-state index contributed by atoms with van der Waals surface area (Å²) >= 11 is 0. The summed E-state index contributed by atoms with van der Waals surface area (Å²) in [4.78, 5) is 46.2. The van der Waals surface area contributed by atoms with Crippen LogP contribution < -0.4 is 0 Å². The quantitative estimate of drug-likeness (QED) is 0.665. The van der Waals surface area contributed by atoms with E-state index in [1.165, 1.54) is 0 Å². The van der Waals surface area contributed by atoms with E-state index in [2.05, 4.69) is 39.5 Å². The molecule has 3 amide bonds. The second-order valence-corrected chi connectivity index (χ2v) is 12.4. The van der Waals surface area contributed by atoms with Gasteiger partial charge in [-0.1, -0.05) is 0 Å². The van der Waals surface area contributed by atoms with Gasteiger partial charge in [-0.25, -0.2) is 0 Å². The van der Waals surface area contributed by atoms with E-state index in [-0.39, 0.29) is 47.4 Å². The molecule has 2 aliphatic rings. The van der Waals surface area contributed by atoms with Crippen LogP contribution in [-0.2, 0) is 14.4 Å². The Labute approximate surface area is 189 Å². The number of carbonyl (C=O) groups is 3. The van der Waals surface area contributed by atoms with Crippen molar-refractivity contribution in [3.8, 4) is 0 Å². The summed E-state index contributed by atoms with van der Waals surface area (Å²) in [5, 5.41) is 0. The highest BCUT2D eigenvalue weighted by atomic mass is 16.2. The molecule has 0 atom stereocenters. The lowest BCUT2D eigenvalue weighted by atomic mass is 9.86. The van der Waals surface area contributed by atoms with Crippen molar-refractivity contribution in [3.63, 3.8) is 0 Å². The highest BCUT2D eigenvalue weighted by molar-refractivity contribution is 5.93. The van der Waals surface area contributed by atoms with E-state index in [1.807, 2.05) is 39.5 Å². The maximum absolute atomic E-state index is 12.9. The van der Waals surface area contributed by atoms with E-state index < -0.39 is 5.54 Å². The van der Waals surface area contributed by atoms with Gasteiger partial charge in [0.05, 0.1) is 6.54 Å². The predicted molar refractivity (Wildman–Crippen MR) is 124 cm³/mol.